The molecule has 0 bridgehead atoms. The molecule has 0 heterocycles. The number of rotatable bonds is 6. The van der Waals surface area contributed by atoms with Gasteiger partial charge in [0.15, 0.2) is 0 Å². The SMILES string of the molecule is CC[C@H](CC[C@@H](C)[C@@H]1CC[C@H]2C3=CC[C@H]4C[C@H](O)CC[C@@]4(C)[C@@H]3CC[C@]21C)C(C)C. The summed E-state index contributed by atoms with van der Waals surface area (Å²) < 4.78 is 0. The van der Waals surface area contributed by atoms with Crippen LogP contribution in [-0.2, 0) is 0 Å². The lowest BCUT2D eigenvalue weighted by Gasteiger charge is -2.57. The molecule has 0 unspecified atom stereocenters. The second kappa shape index (κ2) is 8.57. The number of fused-ring (bicyclic) bond motifs is 5. The molecule has 9 atom stereocenters. The van der Waals surface area contributed by atoms with Crippen molar-refractivity contribution in [2.45, 2.75) is 118 Å². The molecule has 0 spiro atoms. The monoisotopic (exact) mass is 414 g/mol. The van der Waals surface area contributed by atoms with Crippen molar-refractivity contribution in [1.29, 1.82) is 0 Å². The lowest BCUT2D eigenvalue weighted by atomic mass is 9.47. The Balaban J connectivity index is 1.48. The minimum absolute atomic E-state index is 0.0404. The third-order valence-corrected chi connectivity index (χ3v) is 11.3. The van der Waals surface area contributed by atoms with Gasteiger partial charge in [0.1, 0.15) is 0 Å². The number of aliphatic hydroxyl groups is 1. The Hall–Kier alpha value is -0.300. The molecule has 3 saturated carbocycles. The van der Waals surface area contributed by atoms with E-state index in [2.05, 4.69) is 47.6 Å². The van der Waals surface area contributed by atoms with Gasteiger partial charge >= 0.3 is 0 Å². The van der Waals surface area contributed by atoms with Gasteiger partial charge in [0, 0.05) is 0 Å². The zero-order valence-corrected chi connectivity index (χ0v) is 20.9. The Kier molecular flexibility index (Phi) is 6.53. The first kappa shape index (κ1) is 22.9. The third kappa shape index (κ3) is 3.74. The van der Waals surface area contributed by atoms with Gasteiger partial charge in [-0.05, 0) is 110 Å². The van der Waals surface area contributed by atoms with Crippen LogP contribution in [0.2, 0.25) is 0 Å². The fourth-order valence-corrected chi connectivity index (χ4v) is 9.15. The van der Waals surface area contributed by atoms with Crippen molar-refractivity contribution >= 4 is 0 Å². The van der Waals surface area contributed by atoms with Crippen LogP contribution in [0.1, 0.15) is 112 Å². The molecule has 0 aromatic rings. The second-order valence-corrected chi connectivity index (χ2v) is 12.9. The minimum atomic E-state index is -0.0404. The summed E-state index contributed by atoms with van der Waals surface area (Å²) in [5.41, 5.74) is 2.88. The molecule has 0 aromatic heterocycles. The van der Waals surface area contributed by atoms with Crippen LogP contribution in [0.15, 0.2) is 11.6 Å². The highest BCUT2D eigenvalue weighted by atomic mass is 16.3. The maximum Gasteiger partial charge on any atom is 0.0543 e. The van der Waals surface area contributed by atoms with Crippen molar-refractivity contribution < 1.29 is 5.11 Å². The smallest absolute Gasteiger partial charge is 0.0543 e. The van der Waals surface area contributed by atoms with Crippen LogP contribution in [0.4, 0.5) is 0 Å². The highest BCUT2D eigenvalue weighted by Gasteiger charge is 2.58. The predicted octanol–water partition coefficient (Wildman–Crippen LogP) is 8.02. The second-order valence-electron chi connectivity index (χ2n) is 12.9. The Morgan fingerprint density at radius 3 is 2.37 bits per heavy atom. The van der Waals surface area contributed by atoms with Gasteiger partial charge in [-0.1, -0.05) is 66.0 Å². The molecule has 0 aromatic carbocycles. The van der Waals surface area contributed by atoms with Gasteiger partial charge in [0.2, 0.25) is 0 Å². The van der Waals surface area contributed by atoms with Crippen LogP contribution in [0.5, 0.6) is 0 Å². The van der Waals surface area contributed by atoms with E-state index in [4.69, 9.17) is 0 Å². The van der Waals surface area contributed by atoms with Gasteiger partial charge in [-0.15, -0.1) is 0 Å². The van der Waals surface area contributed by atoms with E-state index in [0.717, 1.165) is 54.3 Å². The van der Waals surface area contributed by atoms with Gasteiger partial charge in [-0.3, -0.25) is 0 Å². The first-order valence-electron chi connectivity index (χ1n) is 13.6. The maximum atomic E-state index is 10.3. The summed E-state index contributed by atoms with van der Waals surface area (Å²) in [4.78, 5) is 0. The average molecular weight is 415 g/mol. The van der Waals surface area contributed by atoms with Crippen molar-refractivity contribution in [3.05, 3.63) is 11.6 Å². The molecule has 4 rings (SSSR count). The molecule has 0 amide bonds. The van der Waals surface area contributed by atoms with Crippen molar-refractivity contribution in [1.82, 2.24) is 0 Å². The van der Waals surface area contributed by atoms with Crippen molar-refractivity contribution in [3.63, 3.8) is 0 Å². The van der Waals surface area contributed by atoms with Crippen LogP contribution in [0.3, 0.4) is 0 Å². The third-order valence-electron chi connectivity index (χ3n) is 11.3. The molecule has 0 saturated heterocycles. The van der Waals surface area contributed by atoms with E-state index in [1.165, 1.54) is 57.8 Å². The molecule has 1 N–H and O–H groups in total. The van der Waals surface area contributed by atoms with E-state index in [1.807, 2.05) is 5.57 Å². The molecule has 4 aliphatic rings. The number of allylic oxidation sites excluding steroid dienone is 2. The van der Waals surface area contributed by atoms with Gasteiger partial charge < -0.3 is 5.11 Å². The van der Waals surface area contributed by atoms with Crippen LogP contribution in [-0.4, -0.2) is 11.2 Å². The number of hydrogen-bond donors (Lipinski definition) is 1. The fourth-order valence-electron chi connectivity index (χ4n) is 9.15. The summed E-state index contributed by atoms with van der Waals surface area (Å²) in [6, 6.07) is 0. The molecular weight excluding hydrogens is 364 g/mol. The molecule has 4 aliphatic carbocycles. The highest BCUT2D eigenvalue weighted by molar-refractivity contribution is 5.27. The fraction of sp³-hybridized carbons (Fsp3) is 0.931. The largest absolute Gasteiger partial charge is 0.393 e. The van der Waals surface area contributed by atoms with Crippen LogP contribution >= 0.6 is 0 Å². The summed E-state index contributed by atoms with van der Waals surface area (Å²) >= 11 is 0. The van der Waals surface area contributed by atoms with Gasteiger partial charge in [0.25, 0.3) is 0 Å². The van der Waals surface area contributed by atoms with E-state index >= 15 is 0 Å². The van der Waals surface area contributed by atoms with Crippen LogP contribution < -0.4 is 0 Å². The Morgan fingerprint density at radius 2 is 1.67 bits per heavy atom. The Morgan fingerprint density at radius 1 is 0.967 bits per heavy atom. The predicted molar refractivity (Wildman–Crippen MR) is 128 cm³/mol. The molecule has 172 valence electrons. The van der Waals surface area contributed by atoms with Crippen molar-refractivity contribution in [3.8, 4) is 0 Å². The molecule has 0 radical (unpaired) electrons. The van der Waals surface area contributed by atoms with E-state index in [9.17, 15) is 5.11 Å². The molecule has 1 nitrogen and oxygen atoms in total. The highest BCUT2D eigenvalue weighted by Crippen LogP contribution is 2.67. The maximum absolute atomic E-state index is 10.3. The standard InChI is InChI=1S/C29H50O/c1-7-21(19(2)3)9-8-20(4)25-12-13-26-24-11-10-22-18-23(30)14-16-28(22,5)27(24)15-17-29(25,26)6/h11,19-23,25-27,30H,7-10,12-18H2,1-6H3/t20-,21-,22+,23-,25+,26+,27-,28-,29+/m1/s1. The van der Waals surface area contributed by atoms with Crippen LogP contribution in [0.25, 0.3) is 0 Å². The number of aliphatic hydroxyl groups excluding tert-OH is 1. The molecule has 1 heteroatoms. The molecule has 0 aliphatic heterocycles. The molecule has 3 fully saturated rings. The number of hydrogen-bond acceptors (Lipinski definition) is 1. The minimum Gasteiger partial charge on any atom is -0.393 e. The summed E-state index contributed by atoms with van der Waals surface area (Å²) in [7, 11) is 0. The van der Waals surface area contributed by atoms with E-state index in [0.29, 0.717) is 10.8 Å². The van der Waals surface area contributed by atoms with E-state index in [1.54, 1.807) is 0 Å². The summed E-state index contributed by atoms with van der Waals surface area (Å²) in [6.07, 6.45) is 17.2. The van der Waals surface area contributed by atoms with Gasteiger partial charge in [-0.25, -0.2) is 0 Å². The zero-order valence-electron chi connectivity index (χ0n) is 20.9. The summed E-state index contributed by atoms with van der Waals surface area (Å²) in [5.74, 6) is 5.92. The van der Waals surface area contributed by atoms with Crippen LogP contribution in [0, 0.1) is 52.3 Å². The Labute approximate surface area is 187 Å². The first-order chi connectivity index (χ1) is 14.2. The summed E-state index contributed by atoms with van der Waals surface area (Å²) in [6.45, 7) is 15.1. The van der Waals surface area contributed by atoms with Gasteiger partial charge in [0.05, 0.1) is 6.10 Å². The van der Waals surface area contributed by atoms with E-state index < -0.39 is 0 Å². The quantitative estimate of drug-likeness (QED) is 0.436. The van der Waals surface area contributed by atoms with Crippen molar-refractivity contribution in [2.24, 2.45) is 52.3 Å². The van der Waals surface area contributed by atoms with E-state index in [-0.39, 0.29) is 6.10 Å². The average Bonchev–Trinajstić information content (AvgIpc) is 3.06. The normalized spacial score (nSPS) is 45.3. The molecule has 30 heavy (non-hydrogen) atoms. The molecular formula is C29H50O. The zero-order chi connectivity index (χ0) is 21.7. The topological polar surface area (TPSA) is 20.2 Å². The first-order valence-corrected chi connectivity index (χ1v) is 13.6. The van der Waals surface area contributed by atoms with Gasteiger partial charge in [-0.2, -0.15) is 0 Å². The van der Waals surface area contributed by atoms with Crippen molar-refractivity contribution in [2.75, 3.05) is 0 Å². The lowest BCUT2D eigenvalue weighted by molar-refractivity contribution is -0.0428. The Bertz CT molecular complexity index is 634. The summed E-state index contributed by atoms with van der Waals surface area (Å²) in [5, 5.41) is 10.3. The lowest BCUT2D eigenvalue weighted by Crippen LogP contribution is -2.49.